The van der Waals surface area contributed by atoms with Crippen molar-refractivity contribution in [3.8, 4) is 0 Å². The molecule has 0 aromatic heterocycles. The van der Waals surface area contributed by atoms with E-state index in [0.29, 0.717) is 11.4 Å². The third kappa shape index (κ3) is 3.90. The van der Waals surface area contributed by atoms with Gasteiger partial charge in [-0.1, -0.05) is 12.1 Å². The van der Waals surface area contributed by atoms with Gasteiger partial charge in [-0.25, -0.2) is 8.42 Å². The Morgan fingerprint density at radius 1 is 1.04 bits per heavy atom. The minimum atomic E-state index is -3.67. The highest BCUT2D eigenvalue weighted by atomic mass is 32.2. The molecule has 1 amide bonds. The van der Waals surface area contributed by atoms with Crippen LogP contribution in [-0.4, -0.2) is 21.4 Å². The van der Waals surface area contributed by atoms with Crippen molar-refractivity contribution in [3.63, 3.8) is 0 Å². The van der Waals surface area contributed by atoms with Crippen molar-refractivity contribution in [3.05, 3.63) is 53.6 Å². The zero-order chi connectivity index (χ0) is 17.2. The van der Waals surface area contributed by atoms with Gasteiger partial charge in [0.1, 0.15) is 0 Å². The average molecular weight is 332 g/mol. The van der Waals surface area contributed by atoms with Crippen LogP contribution in [0.15, 0.2) is 47.4 Å². The molecule has 0 atom stereocenters. The first-order valence-corrected chi connectivity index (χ1v) is 8.63. The maximum Gasteiger partial charge on any atom is 0.261 e. The van der Waals surface area contributed by atoms with Crippen molar-refractivity contribution >= 4 is 27.3 Å². The van der Waals surface area contributed by atoms with Crippen molar-refractivity contribution < 1.29 is 13.2 Å². The molecular weight excluding hydrogens is 312 g/mol. The highest BCUT2D eigenvalue weighted by molar-refractivity contribution is 7.92. The van der Waals surface area contributed by atoms with E-state index in [0.717, 1.165) is 11.1 Å². The van der Waals surface area contributed by atoms with Gasteiger partial charge in [0, 0.05) is 19.7 Å². The maximum absolute atomic E-state index is 12.5. The summed E-state index contributed by atoms with van der Waals surface area (Å²) in [5.74, 6) is -0.117. The Hall–Kier alpha value is -2.34. The summed E-state index contributed by atoms with van der Waals surface area (Å²) >= 11 is 0. The zero-order valence-corrected chi connectivity index (χ0v) is 14.4. The van der Waals surface area contributed by atoms with Crippen LogP contribution in [0.2, 0.25) is 0 Å². The minimum Gasteiger partial charge on any atom is -0.316 e. The number of carbonyl (C=O) groups is 1. The highest BCUT2D eigenvalue weighted by Crippen LogP contribution is 2.22. The fourth-order valence-electron chi connectivity index (χ4n) is 2.08. The van der Waals surface area contributed by atoms with E-state index in [1.54, 1.807) is 25.2 Å². The number of rotatable bonds is 4. The lowest BCUT2D eigenvalue weighted by Gasteiger charge is -2.16. The van der Waals surface area contributed by atoms with E-state index in [2.05, 4.69) is 4.72 Å². The van der Waals surface area contributed by atoms with Crippen LogP contribution in [0.25, 0.3) is 0 Å². The molecule has 122 valence electrons. The van der Waals surface area contributed by atoms with E-state index in [-0.39, 0.29) is 10.8 Å². The fraction of sp³-hybridized carbons (Fsp3) is 0.235. The van der Waals surface area contributed by atoms with E-state index in [4.69, 9.17) is 0 Å². The van der Waals surface area contributed by atoms with Crippen LogP contribution in [-0.2, 0) is 14.8 Å². The Kier molecular flexibility index (Phi) is 4.75. The zero-order valence-electron chi connectivity index (χ0n) is 13.6. The predicted molar refractivity (Wildman–Crippen MR) is 92.3 cm³/mol. The molecule has 0 radical (unpaired) electrons. The molecule has 0 saturated heterocycles. The van der Waals surface area contributed by atoms with Gasteiger partial charge in [-0.05, 0) is 55.3 Å². The molecule has 0 saturated carbocycles. The van der Waals surface area contributed by atoms with Crippen molar-refractivity contribution in [1.82, 2.24) is 0 Å². The highest BCUT2D eigenvalue weighted by Gasteiger charge is 2.16. The largest absolute Gasteiger partial charge is 0.316 e. The summed E-state index contributed by atoms with van der Waals surface area (Å²) in [6.45, 7) is 5.21. The normalized spacial score (nSPS) is 11.1. The number of sulfonamides is 1. The van der Waals surface area contributed by atoms with Gasteiger partial charge < -0.3 is 4.90 Å². The molecule has 0 heterocycles. The molecule has 2 aromatic carbocycles. The first-order valence-electron chi connectivity index (χ1n) is 7.15. The molecule has 1 N–H and O–H groups in total. The number of amides is 1. The second kappa shape index (κ2) is 6.42. The molecule has 0 bridgehead atoms. The minimum absolute atomic E-state index is 0.117. The molecule has 0 unspecified atom stereocenters. The standard InChI is InChI=1S/C17H20N2O3S/c1-12-5-6-13(2)17(11-12)18-23(21,22)16-9-7-15(8-10-16)19(4)14(3)20/h5-11,18H,1-4H3. The summed E-state index contributed by atoms with van der Waals surface area (Å²) in [5, 5.41) is 0. The van der Waals surface area contributed by atoms with Crippen LogP contribution in [0.4, 0.5) is 11.4 Å². The van der Waals surface area contributed by atoms with Gasteiger partial charge in [0.05, 0.1) is 10.6 Å². The van der Waals surface area contributed by atoms with Crippen molar-refractivity contribution in [2.24, 2.45) is 0 Å². The Morgan fingerprint density at radius 2 is 1.65 bits per heavy atom. The monoisotopic (exact) mass is 332 g/mol. The topological polar surface area (TPSA) is 66.5 Å². The van der Waals surface area contributed by atoms with Crippen molar-refractivity contribution in [1.29, 1.82) is 0 Å². The maximum atomic E-state index is 12.5. The molecule has 5 nitrogen and oxygen atoms in total. The third-order valence-corrected chi connectivity index (χ3v) is 5.03. The Bertz CT molecular complexity index is 827. The van der Waals surface area contributed by atoms with E-state index in [1.807, 2.05) is 26.0 Å². The van der Waals surface area contributed by atoms with Gasteiger partial charge in [0.15, 0.2) is 0 Å². The molecule has 2 aromatic rings. The van der Waals surface area contributed by atoms with E-state index in [1.165, 1.54) is 24.0 Å². The van der Waals surface area contributed by atoms with Crippen LogP contribution in [0, 0.1) is 13.8 Å². The van der Waals surface area contributed by atoms with E-state index < -0.39 is 10.0 Å². The lowest BCUT2D eigenvalue weighted by Crippen LogP contribution is -2.22. The Morgan fingerprint density at radius 3 is 2.22 bits per heavy atom. The molecule has 0 aliphatic heterocycles. The predicted octanol–water partition coefficient (Wildman–Crippen LogP) is 3.09. The molecule has 0 aliphatic rings. The van der Waals surface area contributed by atoms with E-state index in [9.17, 15) is 13.2 Å². The number of anilines is 2. The fourth-order valence-corrected chi connectivity index (χ4v) is 3.20. The summed E-state index contributed by atoms with van der Waals surface area (Å²) in [6, 6.07) is 11.8. The van der Waals surface area contributed by atoms with E-state index >= 15 is 0 Å². The summed E-state index contributed by atoms with van der Waals surface area (Å²) in [7, 11) is -2.03. The van der Waals surface area contributed by atoms with Crippen molar-refractivity contribution in [2.75, 3.05) is 16.7 Å². The lowest BCUT2D eigenvalue weighted by atomic mass is 10.1. The molecular formula is C17H20N2O3S. The van der Waals surface area contributed by atoms with Crippen LogP contribution >= 0.6 is 0 Å². The van der Waals surface area contributed by atoms with Gasteiger partial charge in [0.2, 0.25) is 5.91 Å². The molecule has 0 fully saturated rings. The molecule has 23 heavy (non-hydrogen) atoms. The molecule has 2 rings (SSSR count). The number of nitrogens with zero attached hydrogens (tertiary/aromatic N) is 1. The quantitative estimate of drug-likeness (QED) is 0.935. The second-order valence-corrected chi connectivity index (χ2v) is 7.18. The summed E-state index contributed by atoms with van der Waals surface area (Å²) < 4.78 is 27.6. The average Bonchev–Trinajstić information content (AvgIpc) is 2.50. The summed E-state index contributed by atoms with van der Waals surface area (Å²) in [6.07, 6.45) is 0. The molecule has 0 spiro atoms. The Balaban J connectivity index is 2.29. The number of nitrogens with one attached hydrogen (secondary N) is 1. The van der Waals surface area contributed by atoms with Crippen LogP contribution < -0.4 is 9.62 Å². The first-order chi connectivity index (χ1) is 10.7. The number of benzene rings is 2. The van der Waals surface area contributed by atoms with Crippen LogP contribution in [0.1, 0.15) is 18.1 Å². The first kappa shape index (κ1) is 17.0. The second-order valence-electron chi connectivity index (χ2n) is 5.50. The van der Waals surface area contributed by atoms with Crippen LogP contribution in [0.5, 0.6) is 0 Å². The SMILES string of the molecule is CC(=O)N(C)c1ccc(S(=O)(=O)Nc2cc(C)ccc2C)cc1. The Labute approximate surface area is 137 Å². The third-order valence-electron chi connectivity index (χ3n) is 3.64. The van der Waals surface area contributed by atoms with Crippen LogP contribution in [0.3, 0.4) is 0 Å². The van der Waals surface area contributed by atoms with Gasteiger partial charge in [-0.15, -0.1) is 0 Å². The van der Waals surface area contributed by atoms with Gasteiger partial charge >= 0.3 is 0 Å². The van der Waals surface area contributed by atoms with Gasteiger partial charge in [-0.3, -0.25) is 9.52 Å². The van der Waals surface area contributed by atoms with Gasteiger partial charge in [-0.2, -0.15) is 0 Å². The van der Waals surface area contributed by atoms with Gasteiger partial charge in [0.25, 0.3) is 10.0 Å². The number of aryl methyl sites for hydroxylation is 2. The van der Waals surface area contributed by atoms with Crippen molar-refractivity contribution in [2.45, 2.75) is 25.7 Å². The smallest absolute Gasteiger partial charge is 0.261 e. The summed E-state index contributed by atoms with van der Waals surface area (Å²) in [5.41, 5.74) is 3.04. The number of hydrogen-bond acceptors (Lipinski definition) is 3. The summed E-state index contributed by atoms with van der Waals surface area (Å²) in [4.78, 5) is 12.9. The molecule has 0 aliphatic carbocycles. The lowest BCUT2D eigenvalue weighted by molar-refractivity contribution is -0.116. The molecule has 6 heteroatoms. The number of hydrogen-bond donors (Lipinski definition) is 1. The number of carbonyl (C=O) groups excluding carboxylic acids is 1.